The Bertz CT molecular complexity index is 1180. The number of aliphatic hydroxyl groups excluding tert-OH is 1. The van der Waals surface area contributed by atoms with Gasteiger partial charge in [-0.2, -0.15) is 0 Å². The van der Waals surface area contributed by atoms with Gasteiger partial charge in [-0.15, -0.1) is 18.2 Å². The maximum Gasteiger partial charge on any atom is 0.408 e. The smallest absolute Gasteiger partial charge is 0.408 e. The van der Waals surface area contributed by atoms with Gasteiger partial charge < -0.3 is 25.4 Å². The van der Waals surface area contributed by atoms with E-state index in [1.165, 1.54) is 22.7 Å². The second kappa shape index (κ2) is 12.8. The summed E-state index contributed by atoms with van der Waals surface area (Å²) in [5, 5.41) is 16.1. The van der Waals surface area contributed by atoms with E-state index in [1.54, 1.807) is 44.2 Å². The third kappa shape index (κ3) is 7.02. The molecular formula is C27H29F2N3O5S. The van der Waals surface area contributed by atoms with Crippen LogP contribution in [0.25, 0.3) is 0 Å². The van der Waals surface area contributed by atoms with Gasteiger partial charge in [-0.3, -0.25) is 9.59 Å². The molecule has 8 nitrogen and oxygen atoms in total. The largest absolute Gasteiger partial charge is 0.436 e. The number of ether oxygens (including phenoxy) is 1. The van der Waals surface area contributed by atoms with Crippen molar-refractivity contribution in [2.24, 2.45) is 0 Å². The van der Waals surface area contributed by atoms with E-state index < -0.39 is 59.0 Å². The zero-order chi connectivity index (χ0) is 27.9. The summed E-state index contributed by atoms with van der Waals surface area (Å²) in [5.41, 5.74) is 0.429. The Morgan fingerprint density at radius 2 is 1.84 bits per heavy atom. The van der Waals surface area contributed by atoms with Crippen molar-refractivity contribution in [3.63, 3.8) is 0 Å². The molecule has 0 spiro atoms. The molecule has 1 saturated heterocycles. The monoisotopic (exact) mass is 545 g/mol. The van der Waals surface area contributed by atoms with Gasteiger partial charge in [0.15, 0.2) is 12.7 Å². The van der Waals surface area contributed by atoms with Crippen LogP contribution < -0.4 is 10.6 Å². The van der Waals surface area contributed by atoms with Crippen molar-refractivity contribution in [1.82, 2.24) is 15.5 Å². The normalized spacial score (nSPS) is 17.7. The number of thioether (sulfide) groups is 1. The number of hydrogen-bond donors (Lipinski definition) is 3. The Kier molecular flexibility index (Phi) is 9.72. The molecule has 38 heavy (non-hydrogen) atoms. The standard InChI is InChI=1S/C27H29F2N3O5S/c1-4-13-37-26(36)31-21(14-17-9-6-5-7-10-17)22(33)25(35)32-16-38-27(2,3)23(32)24(34)30-15-18-19(28)11-8-12-20(18)29/h1,5-12,21-23,33H,13-16H2,2-3H3,(H,30,34)(H,31,36)/t21?,22-,23+/m0/s1. The minimum atomic E-state index is -1.73. The molecule has 1 heterocycles. The molecule has 0 aliphatic carbocycles. The molecule has 2 aromatic rings. The van der Waals surface area contributed by atoms with Crippen LogP contribution in [-0.4, -0.2) is 63.3 Å². The van der Waals surface area contributed by atoms with Crippen LogP contribution in [-0.2, 0) is 27.3 Å². The van der Waals surface area contributed by atoms with Crippen molar-refractivity contribution in [2.45, 2.75) is 49.7 Å². The second-order valence-corrected chi connectivity index (χ2v) is 10.8. The number of rotatable bonds is 9. The maximum atomic E-state index is 14.0. The predicted octanol–water partition coefficient (Wildman–Crippen LogP) is 2.59. The Labute approximate surface area is 224 Å². The quantitative estimate of drug-likeness (QED) is 0.418. The number of carbonyl (C=O) groups excluding carboxylic acids is 3. The lowest BCUT2D eigenvalue weighted by Gasteiger charge is -2.33. The molecule has 3 rings (SSSR count). The fourth-order valence-corrected chi connectivity index (χ4v) is 5.28. The number of hydrogen-bond acceptors (Lipinski definition) is 6. The first-order chi connectivity index (χ1) is 18.0. The highest BCUT2D eigenvalue weighted by Gasteiger charge is 2.49. The lowest BCUT2D eigenvalue weighted by molar-refractivity contribution is -0.147. The van der Waals surface area contributed by atoms with Crippen LogP contribution in [0, 0.1) is 24.0 Å². The molecule has 2 aromatic carbocycles. The van der Waals surface area contributed by atoms with Gasteiger partial charge in [-0.05, 0) is 38.0 Å². The van der Waals surface area contributed by atoms with Gasteiger partial charge in [0.25, 0.3) is 5.91 Å². The topological polar surface area (TPSA) is 108 Å². The van der Waals surface area contributed by atoms with Gasteiger partial charge in [-0.25, -0.2) is 13.6 Å². The molecule has 11 heteroatoms. The number of carbonyl (C=O) groups is 3. The molecule has 1 fully saturated rings. The van der Waals surface area contributed by atoms with Crippen LogP contribution in [0.3, 0.4) is 0 Å². The Morgan fingerprint density at radius 3 is 2.47 bits per heavy atom. The zero-order valence-corrected chi connectivity index (χ0v) is 21.8. The molecule has 1 unspecified atom stereocenters. The zero-order valence-electron chi connectivity index (χ0n) is 20.9. The molecule has 1 aliphatic rings. The number of alkyl carbamates (subject to hydrolysis) is 1. The first-order valence-corrected chi connectivity index (χ1v) is 12.8. The third-order valence-electron chi connectivity index (χ3n) is 6.10. The summed E-state index contributed by atoms with van der Waals surface area (Å²) in [4.78, 5) is 40.1. The second-order valence-electron chi connectivity index (χ2n) is 9.17. The van der Waals surface area contributed by atoms with E-state index >= 15 is 0 Å². The van der Waals surface area contributed by atoms with Crippen LogP contribution in [0.5, 0.6) is 0 Å². The summed E-state index contributed by atoms with van der Waals surface area (Å²) in [6.45, 7) is 2.79. The van der Waals surface area contributed by atoms with E-state index in [0.717, 1.165) is 17.7 Å². The first kappa shape index (κ1) is 28.9. The average molecular weight is 546 g/mol. The number of nitrogens with zero attached hydrogens (tertiary/aromatic N) is 1. The van der Waals surface area contributed by atoms with Gasteiger partial charge in [0, 0.05) is 16.9 Å². The highest BCUT2D eigenvalue weighted by atomic mass is 32.2. The number of benzene rings is 2. The molecule has 3 atom stereocenters. The van der Waals surface area contributed by atoms with E-state index in [2.05, 4.69) is 16.6 Å². The summed E-state index contributed by atoms with van der Waals surface area (Å²) in [6.07, 6.45) is 2.57. The van der Waals surface area contributed by atoms with Crippen molar-refractivity contribution < 1.29 is 33.0 Å². The summed E-state index contributed by atoms with van der Waals surface area (Å²) in [5.74, 6) is -0.799. The number of amides is 3. The lowest BCUT2D eigenvalue weighted by Crippen LogP contribution is -2.58. The SMILES string of the molecule is C#CCOC(=O)NC(Cc1ccccc1)[C@H](O)C(=O)N1CSC(C)(C)[C@H]1C(=O)NCc1c(F)cccc1F. The van der Waals surface area contributed by atoms with Crippen LogP contribution in [0.2, 0.25) is 0 Å². The lowest BCUT2D eigenvalue weighted by atomic mass is 9.97. The van der Waals surface area contributed by atoms with Gasteiger partial charge in [0.2, 0.25) is 5.91 Å². The van der Waals surface area contributed by atoms with Crippen molar-refractivity contribution in [1.29, 1.82) is 0 Å². The molecule has 3 amide bonds. The van der Waals surface area contributed by atoms with Crippen molar-refractivity contribution in [2.75, 3.05) is 12.5 Å². The minimum Gasteiger partial charge on any atom is -0.436 e. The number of terminal acetylenes is 1. The van der Waals surface area contributed by atoms with Crippen molar-refractivity contribution in [3.05, 3.63) is 71.3 Å². The Balaban J connectivity index is 1.79. The molecular weight excluding hydrogens is 516 g/mol. The highest BCUT2D eigenvalue weighted by molar-refractivity contribution is 8.00. The van der Waals surface area contributed by atoms with Gasteiger partial charge >= 0.3 is 6.09 Å². The van der Waals surface area contributed by atoms with Gasteiger partial charge in [0.1, 0.15) is 17.7 Å². The number of nitrogens with one attached hydrogen (secondary N) is 2. The summed E-state index contributed by atoms with van der Waals surface area (Å²) < 4.78 is 32.2. The Morgan fingerprint density at radius 1 is 1.18 bits per heavy atom. The van der Waals surface area contributed by atoms with Gasteiger partial charge in [-0.1, -0.05) is 42.3 Å². The fraction of sp³-hybridized carbons (Fsp3) is 0.370. The summed E-state index contributed by atoms with van der Waals surface area (Å²) >= 11 is 1.31. The fourth-order valence-electron chi connectivity index (χ4n) is 4.14. The minimum absolute atomic E-state index is 0.0780. The highest BCUT2D eigenvalue weighted by Crippen LogP contribution is 2.40. The van der Waals surface area contributed by atoms with Crippen LogP contribution in [0.4, 0.5) is 13.6 Å². The molecule has 202 valence electrons. The molecule has 0 bridgehead atoms. The van der Waals surface area contributed by atoms with Gasteiger partial charge in [0.05, 0.1) is 11.9 Å². The Hall–Kier alpha value is -3.62. The molecule has 1 aliphatic heterocycles. The van der Waals surface area contributed by atoms with Crippen LogP contribution in [0.15, 0.2) is 48.5 Å². The third-order valence-corrected chi connectivity index (χ3v) is 7.48. The molecule has 3 N–H and O–H groups in total. The maximum absolute atomic E-state index is 14.0. The average Bonchev–Trinajstić information content (AvgIpc) is 3.21. The van der Waals surface area contributed by atoms with E-state index in [-0.39, 0.29) is 24.5 Å². The summed E-state index contributed by atoms with van der Waals surface area (Å²) in [6, 6.07) is 10.1. The van der Waals surface area contributed by atoms with E-state index in [1.807, 2.05) is 0 Å². The number of aliphatic hydroxyl groups is 1. The number of halogens is 2. The summed E-state index contributed by atoms with van der Waals surface area (Å²) in [7, 11) is 0. The first-order valence-electron chi connectivity index (χ1n) is 11.8. The van der Waals surface area contributed by atoms with Crippen LogP contribution >= 0.6 is 11.8 Å². The van der Waals surface area contributed by atoms with E-state index in [0.29, 0.717) is 0 Å². The predicted molar refractivity (Wildman–Crippen MR) is 139 cm³/mol. The van der Waals surface area contributed by atoms with E-state index in [9.17, 15) is 28.3 Å². The van der Waals surface area contributed by atoms with E-state index in [4.69, 9.17) is 11.2 Å². The van der Waals surface area contributed by atoms with Crippen molar-refractivity contribution >= 4 is 29.7 Å². The molecule has 0 aromatic heterocycles. The molecule has 0 saturated carbocycles. The van der Waals surface area contributed by atoms with Crippen molar-refractivity contribution in [3.8, 4) is 12.3 Å². The van der Waals surface area contributed by atoms with Crippen LogP contribution in [0.1, 0.15) is 25.0 Å². The molecule has 0 radical (unpaired) electrons.